The van der Waals surface area contributed by atoms with E-state index in [9.17, 15) is 0 Å². The molecule has 0 saturated heterocycles. The predicted octanol–water partition coefficient (Wildman–Crippen LogP) is 10.1. The van der Waals surface area contributed by atoms with Crippen LogP contribution in [-0.2, 0) is 6.42 Å². The van der Waals surface area contributed by atoms with Crippen molar-refractivity contribution in [3.63, 3.8) is 0 Å². The molecule has 0 radical (unpaired) electrons. The summed E-state index contributed by atoms with van der Waals surface area (Å²) in [6.45, 7) is 13.2. The number of rotatable bonds is 23. The Balaban J connectivity index is 2.14. The first-order valence-electron chi connectivity index (χ1n) is 14.8. The predicted molar refractivity (Wildman–Crippen MR) is 150 cm³/mol. The molecule has 0 aliphatic rings. The second-order valence-electron chi connectivity index (χ2n) is 11.4. The summed E-state index contributed by atoms with van der Waals surface area (Å²) < 4.78 is 0. The Hall–Kier alpha value is -0.820. The Kier molecular flexibility index (Phi) is 19.9. The first kappa shape index (κ1) is 30.2. The zero-order valence-electron chi connectivity index (χ0n) is 23.1. The molecule has 0 N–H and O–H groups in total. The van der Waals surface area contributed by atoms with Crippen LogP contribution in [0.15, 0.2) is 30.3 Å². The fourth-order valence-corrected chi connectivity index (χ4v) is 4.81. The largest absolute Gasteiger partial charge is 0.303 e. The van der Waals surface area contributed by atoms with Crippen LogP contribution in [0.25, 0.3) is 0 Å². The molecule has 0 atom stereocenters. The minimum absolute atomic E-state index is 0.876. The Bertz CT molecular complexity index is 480. The fraction of sp³-hybridized carbons (Fsp3) is 0.812. The van der Waals surface area contributed by atoms with E-state index in [1.165, 1.54) is 134 Å². The number of hydrogen-bond acceptors (Lipinski definition) is 1. The first-order chi connectivity index (χ1) is 16.1. The Labute approximate surface area is 209 Å². The van der Waals surface area contributed by atoms with Gasteiger partial charge in [0.1, 0.15) is 0 Å². The van der Waals surface area contributed by atoms with Crippen molar-refractivity contribution < 1.29 is 0 Å². The molecule has 0 fully saturated rings. The maximum atomic E-state index is 2.76. The second kappa shape index (κ2) is 21.7. The van der Waals surface area contributed by atoms with E-state index in [1.54, 1.807) is 0 Å². The molecule has 33 heavy (non-hydrogen) atoms. The van der Waals surface area contributed by atoms with Crippen LogP contribution in [0.3, 0.4) is 0 Å². The van der Waals surface area contributed by atoms with Crippen molar-refractivity contribution in [1.29, 1.82) is 0 Å². The van der Waals surface area contributed by atoms with E-state index in [4.69, 9.17) is 0 Å². The van der Waals surface area contributed by atoms with Gasteiger partial charge in [0, 0.05) is 6.54 Å². The zero-order valence-corrected chi connectivity index (χ0v) is 23.1. The lowest BCUT2D eigenvalue weighted by Crippen LogP contribution is -2.28. The molecular formula is C32H59N. The van der Waals surface area contributed by atoms with Gasteiger partial charge in [0.05, 0.1) is 0 Å². The van der Waals surface area contributed by atoms with Crippen molar-refractivity contribution in [2.75, 3.05) is 19.6 Å². The van der Waals surface area contributed by atoms with Gasteiger partial charge in [-0.25, -0.2) is 0 Å². The molecule has 1 rings (SSSR count). The van der Waals surface area contributed by atoms with E-state index in [2.05, 4.69) is 62.9 Å². The van der Waals surface area contributed by atoms with Gasteiger partial charge >= 0.3 is 0 Å². The highest BCUT2D eigenvalue weighted by Gasteiger charge is 2.06. The summed E-state index contributed by atoms with van der Waals surface area (Å²) in [5.74, 6) is 1.75. The Morgan fingerprint density at radius 2 is 0.879 bits per heavy atom. The maximum absolute atomic E-state index is 2.76. The van der Waals surface area contributed by atoms with Gasteiger partial charge in [0.25, 0.3) is 0 Å². The van der Waals surface area contributed by atoms with Crippen molar-refractivity contribution >= 4 is 0 Å². The van der Waals surface area contributed by atoms with Gasteiger partial charge in [-0.1, -0.05) is 148 Å². The van der Waals surface area contributed by atoms with Crippen molar-refractivity contribution in [3.05, 3.63) is 35.9 Å². The molecule has 0 saturated carbocycles. The lowest BCUT2D eigenvalue weighted by molar-refractivity contribution is 0.263. The van der Waals surface area contributed by atoms with Gasteiger partial charge in [-0.15, -0.1) is 0 Å². The van der Waals surface area contributed by atoms with E-state index in [0.717, 1.165) is 11.8 Å². The molecule has 1 nitrogen and oxygen atoms in total. The maximum Gasteiger partial charge on any atom is 0.00218 e. The normalized spacial score (nSPS) is 11.8. The topological polar surface area (TPSA) is 3.24 Å². The highest BCUT2D eigenvalue weighted by atomic mass is 15.1. The SMILES string of the molecule is CC(C)CCCCCCCCCN(CCCCCCCCCC(C)C)CCc1ccccc1. The lowest BCUT2D eigenvalue weighted by atomic mass is 10.0. The first-order valence-corrected chi connectivity index (χ1v) is 14.8. The van der Waals surface area contributed by atoms with E-state index in [-0.39, 0.29) is 0 Å². The van der Waals surface area contributed by atoms with E-state index in [1.807, 2.05) is 0 Å². The molecule has 0 aliphatic heterocycles. The summed E-state index contributed by atoms with van der Waals surface area (Å²) in [6, 6.07) is 11.1. The van der Waals surface area contributed by atoms with E-state index in [0.29, 0.717) is 0 Å². The Morgan fingerprint density at radius 1 is 0.485 bits per heavy atom. The highest BCUT2D eigenvalue weighted by molar-refractivity contribution is 5.14. The van der Waals surface area contributed by atoms with Crippen LogP contribution in [0.4, 0.5) is 0 Å². The average Bonchev–Trinajstić information content (AvgIpc) is 2.80. The highest BCUT2D eigenvalue weighted by Crippen LogP contribution is 2.14. The monoisotopic (exact) mass is 457 g/mol. The van der Waals surface area contributed by atoms with Crippen molar-refractivity contribution in [2.24, 2.45) is 11.8 Å². The van der Waals surface area contributed by atoms with Crippen LogP contribution in [0.2, 0.25) is 0 Å². The van der Waals surface area contributed by atoms with Gasteiger partial charge in [-0.05, 0) is 49.8 Å². The van der Waals surface area contributed by atoms with Crippen molar-refractivity contribution in [2.45, 2.75) is 137 Å². The third kappa shape index (κ3) is 20.3. The van der Waals surface area contributed by atoms with Gasteiger partial charge in [-0.3, -0.25) is 0 Å². The molecule has 0 bridgehead atoms. The van der Waals surface area contributed by atoms with Crippen LogP contribution in [0.1, 0.15) is 136 Å². The van der Waals surface area contributed by atoms with E-state index >= 15 is 0 Å². The molecule has 0 aromatic heterocycles. The molecular weight excluding hydrogens is 398 g/mol. The Morgan fingerprint density at radius 3 is 1.30 bits per heavy atom. The molecule has 1 heteroatoms. The second-order valence-corrected chi connectivity index (χ2v) is 11.4. The van der Waals surface area contributed by atoms with Gasteiger partial charge in [0.2, 0.25) is 0 Å². The van der Waals surface area contributed by atoms with Crippen LogP contribution < -0.4 is 0 Å². The van der Waals surface area contributed by atoms with Crippen molar-refractivity contribution in [3.8, 4) is 0 Å². The number of benzene rings is 1. The third-order valence-corrected chi connectivity index (χ3v) is 7.07. The molecule has 0 heterocycles. The molecule has 192 valence electrons. The third-order valence-electron chi connectivity index (χ3n) is 7.07. The van der Waals surface area contributed by atoms with Gasteiger partial charge < -0.3 is 4.90 Å². The minimum atomic E-state index is 0.876. The summed E-state index contributed by atoms with van der Waals surface area (Å²) in [4.78, 5) is 2.76. The van der Waals surface area contributed by atoms with Gasteiger partial charge in [0.15, 0.2) is 0 Å². The summed E-state index contributed by atoms with van der Waals surface area (Å²) >= 11 is 0. The van der Waals surface area contributed by atoms with Crippen LogP contribution in [0, 0.1) is 11.8 Å². The van der Waals surface area contributed by atoms with Gasteiger partial charge in [-0.2, -0.15) is 0 Å². The molecule has 1 aromatic rings. The van der Waals surface area contributed by atoms with Crippen molar-refractivity contribution in [1.82, 2.24) is 4.90 Å². The quantitative estimate of drug-likeness (QED) is 0.148. The minimum Gasteiger partial charge on any atom is -0.303 e. The molecule has 0 unspecified atom stereocenters. The van der Waals surface area contributed by atoms with E-state index < -0.39 is 0 Å². The summed E-state index contributed by atoms with van der Waals surface area (Å²) in [6.07, 6.45) is 24.0. The lowest BCUT2D eigenvalue weighted by Gasteiger charge is -2.22. The smallest absolute Gasteiger partial charge is 0.00218 e. The van der Waals surface area contributed by atoms with Crippen LogP contribution >= 0.6 is 0 Å². The van der Waals surface area contributed by atoms with Crippen LogP contribution in [-0.4, -0.2) is 24.5 Å². The van der Waals surface area contributed by atoms with Crippen LogP contribution in [0.5, 0.6) is 0 Å². The summed E-state index contributed by atoms with van der Waals surface area (Å²) in [7, 11) is 0. The number of unbranched alkanes of at least 4 members (excludes halogenated alkanes) is 12. The summed E-state index contributed by atoms with van der Waals surface area (Å²) in [5, 5.41) is 0. The zero-order chi connectivity index (χ0) is 24.0. The standard InChI is InChI=1S/C32H59N/c1-30(2)22-16-11-7-5-9-13-20-27-33(29-26-32-24-18-15-19-25-32)28-21-14-10-6-8-12-17-23-31(3)4/h15,18-19,24-25,30-31H,5-14,16-17,20-23,26-29H2,1-4H3. The number of nitrogens with zero attached hydrogens (tertiary/aromatic N) is 1. The fourth-order valence-electron chi connectivity index (χ4n) is 4.81. The molecule has 1 aromatic carbocycles. The summed E-state index contributed by atoms with van der Waals surface area (Å²) in [5.41, 5.74) is 1.49. The average molecular weight is 458 g/mol. The number of hydrogen-bond donors (Lipinski definition) is 0. The molecule has 0 amide bonds. The molecule has 0 aliphatic carbocycles. The molecule has 0 spiro atoms.